The quantitative estimate of drug-likeness (QED) is 0.719. The second-order valence-electron chi connectivity index (χ2n) is 6.32. The van der Waals surface area contributed by atoms with E-state index < -0.39 is 17.9 Å². The lowest BCUT2D eigenvalue weighted by Gasteiger charge is -2.21. The van der Waals surface area contributed by atoms with Crippen molar-refractivity contribution in [2.45, 2.75) is 43.9 Å². The number of primary amides is 1. The lowest BCUT2D eigenvalue weighted by atomic mass is 10.2. The fraction of sp³-hybridized carbons (Fsp3) is 0.529. The number of fused-ring (bicyclic) bond motifs is 1. The minimum absolute atomic E-state index is 0.303. The van der Waals surface area contributed by atoms with Crippen molar-refractivity contribution < 1.29 is 19.1 Å². The number of thioether (sulfide) groups is 1. The number of carbonyl (C=O) groups is 2. The summed E-state index contributed by atoms with van der Waals surface area (Å²) in [7, 11) is 0. The maximum Gasteiger partial charge on any atom is 0.312 e. The summed E-state index contributed by atoms with van der Waals surface area (Å²) in [5, 5.41) is 5.30. The number of carbonyl (C=O) groups excluding carboxylic acids is 2. The van der Waals surface area contributed by atoms with Crippen LogP contribution in [-0.4, -0.2) is 35.8 Å². The molecule has 8 heteroatoms. The van der Waals surface area contributed by atoms with E-state index in [0.717, 1.165) is 31.4 Å². The van der Waals surface area contributed by atoms with E-state index in [0.29, 0.717) is 23.6 Å². The zero-order chi connectivity index (χ0) is 17.9. The molecule has 1 fully saturated rings. The number of benzene rings is 1. The van der Waals surface area contributed by atoms with Crippen molar-refractivity contribution in [2.24, 2.45) is 5.73 Å². The fourth-order valence-electron chi connectivity index (χ4n) is 3.19. The number of urea groups is 1. The highest BCUT2D eigenvalue weighted by Gasteiger charge is 2.44. The van der Waals surface area contributed by atoms with Gasteiger partial charge in [0.1, 0.15) is 6.04 Å². The lowest BCUT2D eigenvalue weighted by molar-refractivity contribution is -0.117. The molecule has 4 N–H and O–H groups in total. The van der Waals surface area contributed by atoms with E-state index in [1.54, 1.807) is 30.0 Å². The van der Waals surface area contributed by atoms with Crippen LogP contribution in [0.5, 0.6) is 11.5 Å². The van der Waals surface area contributed by atoms with Gasteiger partial charge in [0.15, 0.2) is 11.5 Å². The third-order valence-corrected chi connectivity index (χ3v) is 5.06. The zero-order valence-electron chi connectivity index (χ0n) is 14.2. The van der Waals surface area contributed by atoms with Crippen LogP contribution in [-0.2, 0) is 4.79 Å². The molecule has 25 heavy (non-hydrogen) atoms. The molecule has 7 nitrogen and oxygen atoms in total. The third-order valence-electron chi connectivity index (χ3n) is 4.41. The fourth-order valence-corrected chi connectivity index (χ4v) is 3.67. The molecule has 0 radical (unpaired) electrons. The van der Waals surface area contributed by atoms with Gasteiger partial charge in [-0.3, -0.25) is 4.79 Å². The first kappa shape index (κ1) is 17.7. The third kappa shape index (κ3) is 4.12. The van der Waals surface area contributed by atoms with Crippen molar-refractivity contribution in [1.82, 2.24) is 5.32 Å². The summed E-state index contributed by atoms with van der Waals surface area (Å²) in [4.78, 5) is 23.6. The molecule has 1 saturated carbocycles. The molecule has 136 valence electrons. The van der Waals surface area contributed by atoms with E-state index in [-0.39, 0.29) is 5.91 Å². The first-order valence-electron chi connectivity index (χ1n) is 8.39. The molecule has 0 bridgehead atoms. The van der Waals surface area contributed by atoms with Crippen LogP contribution in [0, 0.1) is 0 Å². The maximum atomic E-state index is 12.4. The van der Waals surface area contributed by atoms with Gasteiger partial charge < -0.3 is 25.8 Å². The molecule has 1 aliphatic heterocycles. The highest BCUT2D eigenvalue weighted by Crippen LogP contribution is 2.47. The highest BCUT2D eigenvalue weighted by atomic mass is 32.2. The number of amides is 3. The van der Waals surface area contributed by atoms with Crippen LogP contribution in [0.25, 0.3) is 0 Å². The van der Waals surface area contributed by atoms with Gasteiger partial charge in [0.2, 0.25) is 5.91 Å². The Kier molecular flexibility index (Phi) is 5.27. The van der Waals surface area contributed by atoms with Gasteiger partial charge in [-0.05, 0) is 43.4 Å². The standard InChI is InChI=1S/C17H23N3O4S/c1-25-9-6-12(20-16(18)22)15(21)19-11-4-5-13-14(10-11)24-17(23-13)7-2-3-8-17/h4-5,10,12H,2-3,6-9H2,1H3,(H,19,21)(H3,18,20,22). The summed E-state index contributed by atoms with van der Waals surface area (Å²) in [6.07, 6.45) is 6.38. The second kappa shape index (κ2) is 7.43. The summed E-state index contributed by atoms with van der Waals surface area (Å²) in [5.74, 6) is 1.25. The molecule has 1 aromatic rings. The Labute approximate surface area is 151 Å². The molecule has 3 amide bonds. The van der Waals surface area contributed by atoms with Crippen molar-refractivity contribution in [1.29, 1.82) is 0 Å². The van der Waals surface area contributed by atoms with Crippen molar-refractivity contribution >= 4 is 29.4 Å². The molecule has 1 spiro atoms. The summed E-state index contributed by atoms with van der Waals surface area (Å²) >= 11 is 1.60. The summed E-state index contributed by atoms with van der Waals surface area (Å²) in [5.41, 5.74) is 5.76. The van der Waals surface area contributed by atoms with Crippen molar-refractivity contribution in [3.05, 3.63) is 18.2 Å². The van der Waals surface area contributed by atoms with E-state index in [9.17, 15) is 9.59 Å². The Morgan fingerprint density at radius 1 is 1.28 bits per heavy atom. The van der Waals surface area contributed by atoms with Gasteiger partial charge in [0.25, 0.3) is 5.79 Å². The van der Waals surface area contributed by atoms with Crippen LogP contribution < -0.4 is 25.8 Å². The van der Waals surface area contributed by atoms with Gasteiger partial charge in [-0.2, -0.15) is 11.8 Å². The summed E-state index contributed by atoms with van der Waals surface area (Å²) in [6.45, 7) is 0. The smallest absolute Gasteiger partial charge is 0.312 e. The molecule has 1 heterocycles. The Balaban J connectivity index is 1.66. The zero-order valence-corrected chi connectivity index (χ0v) is 15.0. The number of hydrogen-bond donors (Lipinski definition) is 3. The van der Waals surface area contributed by atoms with E-state index >= 15 is 0 Å². The molecule has 0 saturated heterocycles. The molecule has 3 rings (SSSR count). The number of hydrogen-bond acceptors (Lipinski definition) is 5. The predicted molar refractivity (Wildman–Crippen MR) is 97.0 cm³/mol. The maximum absolute atomic E-state index is 12.4. The second-order valence-corrected chi connectivity index (χ2v) is 7.30. The minimum Gasteiger partial charge on any atom is -0.448 e. The Bertz CT molecular complexity index is 661. The molecule has 1 atom stereocenters. The van der Waals surface area contributed by atoms with E-state index in [1.807, 2.05) is 6.26 Å². The summed E-state index contributed by atoms with van der Waals surface area (Å²) < 4.78 is 12.0. The number of nitrogens with two attached hydrogens (primary N) is 1. The van der Waals surface area contributed by atoms with Crippen molar-refractivity contribution in [2.75, 3.05) is 17.3 Å². The van der Waals surface area contributed by atoms with Gasteiger partial charge in [0, 0.05) is 24.6 Å². The first-order valence-corrected chi connectivity index (χ1v) is 9.78. The normalized spacial score (nSPS) is 18.1. The lowest BCUT2D eigenvalue weighted by Crippen LogP contribution is -2.46. The van der Waals surface area contributed by atoms with Crippen LogP contribution >= 0.6 is 11.8 Å². The first-order chi connectivity index (χ1) is 12.0. The minimum atomic E-state index is -0.713. The Morgan fingerprint density at radius 3 is 2.68 bits per heavy atom. The molecule has 0 aromatic heterocycles. The molecular formula is C17H23N3O4S. The predicted octanol–water partition coefficient (Wildman–Crippen LogP) is 2.46. The van der Waals surface area contributed by atoms with Crippen LogP contribution in [0.3, 0.4) is 0 Å². The number of nitrogens with one attached hydrogen (secondary N) is 2. The monoisotopic (exact) mass is 365 g/mol. The van der Waals surface area contributed by atoms with Crippen molar-refractivity contribution in [3.8, 4) is 11.5 Å². The number of anilines is 1. The topological polar surface area (TPSA) is 103 Å². The van der Waals surface area contributed by atoms with Crippen LogP contribution in [0.4, 0.5) is 10.5 Å². The van der Waals surface area contributed by atoms with E-state index in [2.05, 4.69) is 10.6 Å². The van der Waals surface area contributed by atoms with Crippen LogP contribution in [0.2, 0.25) is 0 Å². The van der Waals surface area contributed by atoms with Crippen LogP contribution in [0.1, 0.15) is 32.1 Å². The molecule has 1 aromatic carbocycles. The summed E-state index contributed by atoms with van der Waals surface area (Å²) in [6, 6.07) is 3.95. The highest BCUT2D eigenvalue weighted by molar-refractivity contribution is 7.98. The van der Waals surface area contributed by atoms with Crippen LogP contribution in [0.15, 0.2) is 18.2 Å². The Hall–Kier alpha value is -2.09. The van der Waals surface area contributed by atoms with Gasteiger partial charge in [-0.1, -0.05) is 0 Å². The largest absolute Gasteiger partial charge is 0.448 e. The number of ether oxygens (including phenoxy) is 2. The number of rotatable bonds is 6. The van der Waals surface area contributed by atoms with Gasteiger partial charge in [0.05, 0.1) is 0 Å². The average Bonchev–Trinajstić information content (AvgIpc) is 3.16. The SMILES string of the molecule is CSCCC(NC(N)=O)C(=O)Nc1ccc2c(c1)OC1(CCCC1)O2. The van der Waals surface area contributed by atoms with Gasteiger partial charge in [-0.15, -0.1) is 0 Å². The average molecular weight is 365 g/mol. The Morgan fingerprint density at radius 2 is 2.00 bits per heavy atom. The van der Waals surface area contributed by atoms with Gasteiger partial charge >= 0.3 is 6.03 Å². The molecule has 1 aliphatic carbocycles. The molecule has 1 unspecified atom stereocenters. The van der Waals surface area contributed by atoms with E-state index in [1.165, 1.54) is 0 Å². The molecule has 2 aliphatic rings. The van der Waals surface area contributed by atoms with E-state index in [4.69, 9.17) is 15.2 Å². The van der Waals surface area contributed by atoms with Crippen molar-refractivity contribution in [3.63, 3.8) is 0 Å². The van der Waals surface area contributed by atoms with Gasteiger partial charge in [-0.25, -0.2) is 4.79 Å². The molecular weight excluding hydrogens is 342 g/mol.